The summed E-state index contributed by atoms with van der Waals surface area (Å²) in [6.07, 6.45) is -32.7. The quantitative estimate of drug-likeness (QED) is 0.107. The molecule has 0 aromatic heterocycles. The van der Waals surface area contributed by atoms with Gasteiger partial charge < -0.3 is 79.1 Å². The molecule has 3 aliphatic heterocycles. The van der Waals surface area contributed by atoms with E-state index in [0.29, 0.717) is 0 Å². The van der Waals surface area contributed by atoms with Gasteiger partial charge in [-0.2, -0.15) is 0 Å². The number of hydrogen-bond donors (Lipinski definition) is 9. The lowest BCUT2D eigenvalue weighted by Gasteiger charge is -2.47. The van der Waals surface area contributed by atoms with Crippen LogP contribution in [0.25, 0.3) is 0 Å². The van der Waals surface area contributed by atoms with Crippen molar-refractivity contribution in [3.63, 3.8) is 0 Å². The fourth-order valence-corrected chi connectivity index (χ4v) is 4.59. The number of carboxylic acid groups (broad SMARTS) is 3. The van der Waals surface area contributed by atoms with Crippen molar-refractivity contribution in [2.45, 2.75) is 106 Å². The summed E-state index contributed by atoms with van der Waals surface area (Å²) in [5.41, 5.74) is 0. The van der Waals surface area contributed by atoms with Gasteiger partial charge in [-0.1, -0.05) is 0 Å². The maximum Gasteiger partial charge on any atom is 0.336 e. The molecule has 3 fully saturated rings. The summed E-state index contributed by atoms with van der Waals surface area (Å²) in [4.78, 5) is 58.4. The van der Waals surface area contributed by atoms with Crippen LogP contribution in [0.5, 0.6) is 0 Å². The van der Waals surface area contributed by atoms with Crippen LogP contribution in [0, 0.1) is 0 Å². The molecule has 3 saturated heterocycles. The van der Waals surface area contributed by atoms with E-state index in [-0.39, 0.29) is 0 Å². The fourth-order valence-electron chi connectivity index (χ4n) is 4.59. The molecule has 21 heteroatoms. The van der Waals surface area contributed by atoms with Crippen molar-refractivity contribution in [1.82, 2.24) is 0 Å². The highest BCUT2D eigenvalue weighted by molar-refractivity contribution is 5.75. The second-order valence-electron chi connectivity index (χ2n) is 9.61. The van der Waals surface area contributed by atoms with E-state index in [9.17, 15) is 69.9 Å². The smallest absolute Gasteiger partial charge is 0.336 e. The molecule has 0 aliphatic carbocycles. The maximum absolute atomic E-state index is 12.0. The van der Waals surface area contributed by atoms with Gasteiger partial charge in [0.2, 0.25) is 0 Å². The summed E-state index contributed by atoms with van der Waals surface area (Å²) in [6, 6.07) is 0. The number of ether oxygens (including phenoxy) is 7. The number of aliphatic carboxylic acids is 3. The molecule has 9 N–H and O–H groups in total. The Morgan fingerprint density at radius 3 is 1.30 bits per heavy atom. The molecule has 15 atom stereocenters. The third kappa shape index (κ3) is 7.35. The zero-order valence-corrected chi connectivity index (χ0v) is 22.1. The Hall–Kier alpha value is -3.09. The average molecular weight is 630 g/mol. The Bertz CT molecular complexity index is 1070. The molecule has 0 radical (unpaired) electrons. The summed E-state index contributed by atoms with van der Waals surface area (Å²) >= 11 is 0. The number of rotatable bonds is 9. The van der Waals surface area contributed by atoms with Crippen LogP contribution < -0.4 is 0 Å². The predicted molar refractivity (Wildman–Crippen MR) is 122 cm³/mol. The molecule has 21 nitrogen and oxygen atoms in total. The first kappa shape index (κ1) is 34.4. The van der Waals surface area contributed by atoms with E-state index in [1.165, 1.54) is 0 Å². The Balaban J connectivity index is 1.86. The minimum absolute atomic E-state index is 0.863. The fraction of sp³-hybridized carbons (Fsp3) is 0.773. The van der Waals surface area contributed by atoms with Crippen LogP contribution in [0.2, 0.25) is 0 Å². The lowest BCUT2D eigenvalue weighted by atomic mass is 9.95. The number of carbonyl (C=O) groups is 5. The molecule has 3 heterocycles. The molecule has 0 aromatic rings. The molecule has 15 unspecified atom stereocenters. The largest absolute Gasteiger partial charge is 0.479 e. The summed E-state index contributed by atoms with van der Waals surface area (Å²) in [5, 5.41) is 91.0. The van der Waals surface area contributed by atoms with Gasteiger partial charge in [-0.15, -0.1) is 0 Å². The van der Waals surface area contributed by atoms with Gasteiger partial charge in [0, 0.05) is 13.8 Å². The minimum Gasteiger partial charge on any atom is -0.479 e. The van der Waals surface area contributed by atoms with Crippen LogP contribution in [-0.2, 0) is 57.1 Å². The van der Waals surface area contributed by atoms with Crippen molar-refractivity contribution in [3.05, 3.63) is 0 Å². The monoisotopic (exact) mass is 630 g/mol. The molecule has 0 saturated carbocycles. The molecular formula is C22H30O21. The second-order valence-corrected chi connectivity index (χ2v) is 9.61. The number of aliphatic hydroxyl groups excluding tert-OH is 6. The van der Waals surface area contributed by atoms with Gasteiger partial charge in [0.1, 0.15) is 42.7 Å². The molecular weight excluding hydrogens is 600 g/mol. The minimum atomic E-state index is -2.35. The third-order valence-corrected chi connectivity index (χ3v) is 6.54. The van der Waals surface area contributed by atoms with Crippen LogP contribution in [0.3, 0.4) is 0 Å². The van der Waals surface area contributed by atoms with Crippen LogP contribution in [0.4, 0.5) is 0 Å². The van der Waals surface area contributed by atoms with Crippen molar-refractivity contribution >= 4 is 29.8 Å². The van der Waals surface area contributed by atoms with Crippen molar-refractivity contribution in [2.24, 2.45) is 0 Å². The highest BCUT2D eigenvalue weighted by Crippen LogP contribution is 2.33. The molecule has 3 aliphatic rings. The topological polar surface area (TPSA) is 332 Å². The SMILES string of the molecule is CC(=O)OC1C(C(=O)O)OC(OC2C(C(=O)O)OC(OC3C(C(=O)O)OC(O)C(O)C3OC(C)=O)C(O)C2O)C(O)C1O. The highest BCUT2D eigenvalue weighted by Gasteiger charge is 2.57. The summed E-state index contributed by atoms with van der Waals surface area (Å²) < 4.78 is 35.1. The van der Waals surface area contributed by atoms with Gasteiger partial charge in [-0.25, -0.2) is 14.4 Å². The molecule has 43 heavy (non-hydrogen) atoms. The predicted octanol–water partition coefficient (Wildman–Crippen LogP) is -6.15. The highest BCUT2D eigenvalue weighted by atomic mass is 16.8. The number of carboxylic acids is 3. The van der Waals surface area contributed by atoms with Crippen molar-refractivity contribution < 1.29 is 103 Å². The van der Waals surface area contributed by atoms with Crippen LogP contribution in [0.15, 0.2) is 0 Å². The molecule has 244 valence electrons. The van der Waals surface area contributed by atoms with E-state index in [0.717, 1.165) is 13.8 Å². The maximum atomic E-state index is 12.0. The molecule has 0 bridgehead atoms. The molecule has 0 amide bonds. The van der Waals surface area contributed by atoms with Gasteiger partial charge in [-0.05, 0) is 0 Å². The van der Waals surface area contributed by atoms with E-state index < -0.39 is 122 Å². The number of hydrogen-bond acceptors (Lipinski definition) is 18. The van der Waals surface area contributed by atoms with E-state index >= 15 is 0 Å². The summed E-state index contributed by atoms with van der Waals surface area (Å²) in [5.74, 6) is -7.66. The first-order valence-electron chi connectivity index (χ1n) is 12.3. The molecule has 0 spiro atoms. The van der Waals surface area contributed by atoms with Gasteiger partial charge in [0.05, 0.1) is 0 Å². The average Bonchev–Trinajstić information content (AvgIpc) is 2.90. The lowest BCUT2D eigenvalue weighted by molar-refractivity contribution is -0.368. The number of esters is 2. The standard InChI is InChI=1S/C22H30O21/c1-3(23)37-10-5(25)7(27)21(42-14(10)17(30)31)40-11-6(26)8(28)22(43-15(11)18(32)33)41-13-12(38-4(2)24)9(29)20(36)39-16(13)19(34)35/h5-16,20-22,25-29,36H,1-2H3,(H,30,31)(H,32,33)(H,34,35). The first-order chi connectivity index (χ1) is 20.0. The summed E-state index contributed by atoms with van der Waals surface area (Å²) in [7, 11) is 0. The van der Waals surface area contributed by atoms with E-state index in [1.54, 1.807) is 0 Å². The van der Waals surface area contributed by atoms with Crippen molar-refractivity contribution in [1.29, 1.82) is 0 Å². The first-order valence-corrected chi connectivity index (χ1v) is 12.3. The van der Waals surface area contributed by atoms with E-state index in [4.69, 9.17) is 33.2 Å². The van der Waals surface area contributed by atoms with Crippen LogP contribution in [0.1, 0.15) is 13.8 Å². The van der Waals surface area contributed by atoms with Crippen LogP contribution in [-0.4, -0.2) is 168 Å². The zero-order valence-electron chi connectivity index (χ0n) is 22.1. The van der Waals surface area contributed by atoms with E-state index in [1.807, 2.05) is 0 Å². The Morgan fingerprint density at radius 2 is 0.860 bits per heavy atom. The van der Waals surface area contributed by atoms with Crippen molar-refractivity contribution in [3.8, 4) is 0 Å². The number of aliphatic hydroxyl groups is 6. The van der Waals surface area contributed by atoms with Gasteiger partial charge in [0.15, 0.2) is 49.4 Å². The van der Waals surface area contributed by atoms with Crippen LogP contribution >= 0.6 is 0 Å². The normalized spacial score (nSPS) is 43.3. The number of carbonyl (C=O) groups excluding carboxylic acids is 2. The summed E-state index contributed by atoms with van der Waals surface area (Å²) in [6.45, 7) is 1.74. The second kappa shape index (κ2) is 13.7. The Labute approximate surface area is 239 Å². The third-order valence-electron chi connectivity index (χ3n) is 6.54. The lowest BCUT2D eigenvalue weighted by Crippen LogP contribution is -2.68. The Kier molecular flexibility index (Phi) is 11.0. The van der Waals surface area contributed by atoms with E-state index in [2.05, 4.69) is 0 Å². The molecule has 0 aromatic carbocycles. The van der Waals surface area contributed by atoms with Gasteiger partial charge in [0.25, 0.3) is 0 Å². The zero-order chi connectivity index (χ0) is 32.5. The van der Waals surface area contributed by atoms with Crippen molar-refractivity contribution in [2.75, 3.05) is 0 Å². The van der Waals surface area contributed by atoms with Gasteiger partial charge >= 0.3 is 29.8 Å². The Morgan fingerprint density at radius 1 is 0.488 bits per heavy atom. The molecule has 3 rings (SSSR count). The van der Waals surface area contributed by atoms with Gasteiger partial charge in [-0.3, -0.25) is 9.59 Å².